The predicted molar refractivity (Wildman–Crippen MR) is 114 cm³/mol. The van der Waals surface area contributed by atoms with Crippen molar-refractivity contribution in [2.45, 2.75) is 54.0 Å². The average Bonchev–Trinajstić information content (AvgIpc) is 2.91. The zero-order valence-corrected chi connectivity index (χ0v) is 18.2. The molecule has 1 aromatic carbocycles. The van der Waals surface area contributed by atoms with Gasteiger partial charge in [0.25, 0.3) is 5.91 Å². The standard InChI is InChI=1S/C24H32N2O3/c1-6-29-24(28)21-11-8-12-25(15-21)23(27)22-18(4)17(3)19(5)26(22)14-20-10-7-9-16(2)13-20/h7,9-10,13,21H,6,8,11-12,14-15H2,1-5H3/t21-/m1/s1. The number of rotatable bonds is 5. The molecule has 5 nitrogen and oxygen atoms in total. The molecule has 2 heterocycles. The van der Waals surface area contributed by atoms with Crippen molar-refractivity contribution in [3.63, 3.8) is 0 Å². The van der Waals surface area contributed by atoms with Crippen LogP contribution in [0.3, 0.4) is 0 Å². The molecule has 1 saturated heterocycles. The molecule has 0 aliphatic carbocycles. The van der Waals surface area contributed by atoms with Gasteiger partial charge in [0.15, 0.2) is 0 Å². The Balaban J connectivity index is 1.90. The summed E-state index contributed by atoms with van der Waals surface area (Å²) in [4.78, 5) is 27.6. The van der Waals surface area contributed by atoms with Crippen molar-refractivity contribution in [2.24, 2.45) is 5.92 Å². The molecule has 3 rings (SSSR count). The number of amides is 1. The summed E-state index contributed by atoms with van der Waals surface area (Å²) in [5.41, 5.74) is 6.43. The van der Waals surface area contributed by atoms with Gasteiger partial charge in [-0.25, -0.2) is 0 Å². The van der Waals surface area contributed by atoms with Crippen LogP contribution in [-0.2, 0) is 16.1 Å². The molecule has 0 bridgehead atoms. The first-order valence-electron chi connectivity index (χ1n) is 10.5. The molecule has 29 heavy (non-hydrogen) atoms. The lowest BCUT2D eigenvalue weighted by Gasteiger charge is -2.32. The van der Waals surface area contributed by atoms with Crippen molar-refractivity contribution in [1.29, 1.82) is 0 Å². The summed E-state index contributed by atoms with van der Waals surface area (Å²) >= 11 is 0. The SMILES string of the molecule is CCOC(=O)[C@@H]1CCCN(C(=O)c2c(C)c(C)c(C)n2Cc2cccc(C)c2)C1. The van der Waals surface area contributed by atoms with E-state index in [1.165, 1.54) is 11.1 Å². The number of aromatic nitrogens is 1. The number of nitrogens with zero attached hydrogens (tertiary/aromatic N) is 2. The maximum atomic E-state index is 13.5. The van der Waals surface area contributed by atoms with Crippen molar-refractivity contribution >= 4 is 11.9 Å². The smallest absolute Gasteiger partial charge is 0.310 e. The number of carbonyl (C=O) groups excluding carboxylic acids is 2. The van der Waals surface area contributed by atoms with E-state index in [2.05, 4.69) is 49.6 Å². The highest BCUT2D eigenvalue weighted by molar-refractivity contribution is 5.95. The van der Waals surface area contributed by atoms with E-state index in [0.717, 1.165) is 35.4 Å². The Kier molecular flexibility index (Phi) is 6.46. The summed E-state index contributed by atoms with van der Waals surface area (Å²) in [5.74, 6) is -0.403. The van der Waals surface area contributed by atoms with Gasteiger partial charge in [-0.15, -0.1) is 0 Å². The highest BCUT2D eigenvalue weighted by Gasteiger charge is 2.32. The van der Waals surface area contributed by atoms with Crippen LogP contribution in [0, 0.1) is 33.6 Å². The van der Waals surface area contributed by atoms with Crippen molar-refractivity contribution < 1.29 is 14.3 Å². The summed E-state index contributed by atoms with van der Waals surface area (Å²) in [7, 11) is 0. The van der Waals surface area contributed by atoms with E-state index in [9.17, 15) is 9.59 Å². The van der Waals surface area contributed by atoms with Crippen LogP contribution in [0.15, 0.2) is 24.3 Å². The Morgan fingerprint density at radius 3 is 2.59 bits per heavy atom. The maximum absolute atomic E-state index is 13.5. The van der Waals surface area contributed by atoms with Gasteiger partial charge in [0, 0.05) is 25.3 Å². The molecule has 0 N–H and O–H groups in total. The number of carbonyl (C=O) groups is 2. The van der Waals surface area contributed by atoms with Gasteiger partial charge in [0.05, 0.1) is 12.5 Å². The molecule has 1 aromatic heterocycles. The molecule has 0 radical (unpaired) electrons. The van der Waals surface area contributed by atoms with Crippen molar-refractivity contribution in [1.82, 2.24) is 9.47 Å². The summed E-state index contributed by atoms with van der Waals surface area (Å²) < 4.78 is 7.33. The van der Waals surface area contributed by atoms with Crippen molar-refractivity contribution in [3.05, 3.63) is 57.9 Å². The molecule has 1 fully saturated rings. The van der Waals surface area contributed by atoms with Crippen LogP contribution in [-0.4, -0.2) is 41.0 Å². The molecule has 0 saturated carbocycles. The Labute approximate surface area is 173 Å². The van der Waals surface area contributed by atoms with Gasteiger partial charge in [-0.1, -0.05) is 29.8 Å². The molecule has 0 unspecified atom stereocenters. The fourth-order valence-corrected chi connectivity index (χ4v) is 4.25. The van der Waals surface area contributed by atoms with E-state index in [1.54, 1.807) is 0 Å². The number of hydrogen-bond acceptors (Lipinski definition) is 3. The van der Waals surface area contributed by atoms with E-state index in [0.29, 0.717) is 26.2 Å². The zero-order chi connectivity index (χ0) is 21.1. The van der Waals surface area contributed by atoms with Crippen LogP contribution in [0.25, 0.3) is 0 Å². The van der Waals surface area contributed by atoms with Crippen LogP contribution < -0.4 is 0 Å². The second-order valence-corrected chi connectivity index (χ2v) is 8.10. The molecular weight excluding hydrogens is 364 g/mol. The predicted octanol–water partition coefficient (Wildman–Crippen LogP) is 4.19. The number of aryl methyl sites for hydroxylation is 1. The minimum atomic E-state index is -0.227. The Morgan fingerprint density at radius 2 is 1.90 bits per heavy atom. The summed E-state index contributed by atoms with van der Waals surface area (Å²) in [5, 5.41) is 0. The van der Waals surface area contributed by atoms with E-state index in [-0.39, 0.29) is 17.8 Å². The molecule has 2 aromatic rings. The molecule has 1 aliphatic rings. The van der Waals surface area contributed by atoms with E-state index < -0.39 is 0 Å². The number of esters is 1. The third-order valence-corrected chi connectivity index (χ3v) is 6.09. The Hall–Kier alpha value is -2.56. The highest BCUT2D eigenvalue weighted by atomic mass is 16.5. The van der Waals surface area contributed by atoms with Crippen LogP contribution in [0.5, 0.6) is 0 Å². The summed E-state index contributed by atoms with van der Waals surface area (Å²) in [6.45, 7) is 12.2. The number of ether oxygens (including phenoxy) is 1. The number of piperidine rings is 1. The summed E-state index contributed by atoms with van der Waals surface area (Å²) in [6, 6.07) is 8.40. The fraction of sp³-hybridized carbons (Fsp3) is 0.500. The second-order valence-electron chi connectivity index (χ2n) is 8.10. The lowest BCUT2D eigenvalue weighted by atomic mass is 9.97. The van der Waals surface area contributed by atoms with Crippen LogP contribution in [0.1, 0.15) is 58.2 Å². The van der Waals surface area contributed by atoms with Gasteiger partial charge in [0.2, 0.25) is 0 Å². The molecule has 1 atom stereocenters. The molecule has 1 amide bonds. The first-order chi connectivity index (χ1) is 13.8. The Morgan fingerprint density at radius 1 is 1.14 bits per heavy atom. The topological polar surface area (TPSA) is 51.5 Å². The Bertz CT molecular complexity index is 913. The van der Waals surface area contributed by atoms with E-state index in [4.69, 9.17) is 4.74 Å². The quantitative estimate of drug-likeness (QED) is 0.712. The first kappa shape index (κ1) is 21.2. The summed E-state index contributed by atoms with van der Waals surface area (Å²) in [6.07, 6.45) is 1.61. The maximum Gasteiger partial charge on any atom is 0.310 e. The molecule has 5 heteroatoms. The molecule has 1 aliphatic heterocycles. The van der Waals surface area contributed by atoms with Gasteiger partial charge in [0.1, 0.15) is 5.69 Å². The molecular formula is C24H32N2O3. The molecule has 156 valence electrons. The highest BCUT2D eigenvalue weighted by Crippen LogP contribution is 2.27. The van der Waals surface area contributed by atoms with Gasteiger partial charge < -0.3 is 14.2 Å². The fourth-order valence-electron chi connectivity index (χ4n) is 4.25. The van der Waals surface area contributed by atoms with Crippen LogP contribution in [0.2, 0.25) is 0 Å². The second kappa shape index (κ2) is 8.85. The number of hydrogen-bond donors (Lipinski definition) is 0. The largest absolute Gasteiger partial charge is 0.466 e. The van der Waals surface area contributed by atoms with Gasteiger partial charge in [-0.05, 0) is 64.2 Å². The minimum absolute atomic E-state index is 0.0142. The van der Waals surface area contributed by atoms with E-state index in [1.807, 2.05) is 18.7 Å². The van der Waals surface area contributed by atoms with E-state index >= 15 is 0 Å². The third-order valence-electron chi connectivity index (χ3n) is 6.09. The third kappa shape index (κ3) is 4.39. The zero-order valence-electron chi connectivity index (χ0n) is 18.2. The lowest BCUT2D eigenvalue weighted by Crippen LogP contribution is -2.43. The van der Waals surface area contributed by atoms with Crippen LogP contribution >= 0.6 is 0 Å². The van der Waals surface area contributed by atoms with Crippen molar-refractivity contribution in [2.75, 3.05) is 19.7 Å². The molecule has 0 spiro atoms. The first-order valence-corrected chi connectivity index (χ1v) is 10.5. The van der Waals surface area contributed by atoms with Crippen LogP contribution in [0.4, 0.5) is 0 Å². The van der Waals surface area contributed by atoms with Gasteiger partial charge in [-0.3, -0.25) is 9.59 Å². The van der Waals surface area contributed by atoms with Crippen molar-refractivity contribution in [3.8, 4) is 0 Å². The average molecular weight is 397 g/mol. The number of benzene rings is 1. The normalized spacial score (nSPS) is 16.7. The monoisotopic (exact) mass is 396 g/mol. The van der Waals surface area contributed by atoms with Gasteiger partial charge in [-0.2, -0.15) is 0 Å². The van der Waals surface area contributed by atoms with Gasteiger partial charge >= 0.3 is 5.97 Å². The lowest BCUT2D eigenvalue weighted by molar-refractivity contribution is -0.149. The number of likely N-dealkylation sites (tertiary alicyclic amines) is 1. The minimum Gasteiger partial charge on any atom is -0.466 e.